The van der Waals surface area contributed by atoms with Gasteiger partial charge in [-0.3, -0.25) is 19.0 Å². The van der Waals surface area contributed by atoms with E-state index in [1.807, 2.05) is 128 Å². The number of nitrogens with zero attached hydrogens (tertiary/aromatic N) is 6. The van der Waals surface area contributed by atoms with Gasteiger partial charge in [0.25, 0.3) is 11.8 Å². The summed E-state index contributed by atoms with van der Waals surface area (Å²) in [5, 5.41) is 18.3. The molecule has 404 valence electrons. The predicted molar refractivity (Wildman–Crippen MR) is 304 cm³/mol. The van der Waals surface area contributed by atoms with Crippen LogP contribution in [0.25, 0.3) is 22.3 Å². The fourth-order valence-electron chi connectivity index (χ4n) is 9.77. The molecule has 0 saturated carbocycles. The molecule has 0 bridgehead atoms. The third kappa shape index (κ3) is 16.5. The highest BCUT2D eigenvalue weighted by molar-refractivity contribution is 5.97. The molecule has 14 nitrogen and oxygen atoms in total. The van der Waals surface area contributed by atoms with Crippen LogP contribution in [0.4, 0.5) is 5.69 Å². The number of ether oxygens (including phenoxy) is 3. The SMILES string of the molecule is CCCCCC(CC)N1CCCC1.COCCNC1CN(c2ccc(C)c(C(=O)NC(C)c3cc(OC)cc(-c4cnn(C)c4)c3)c2)C1.COc1cc(-c2cnn(C)c2)cc(C(C)NC(=O)c2cc(C)ccc2C)c1. The monoisotopic (exact) mass is 1020 g/mol. The number of hydrogen-bond donors (Lipinski definition) is 3. The van der Waals surface area contributed by atoms with Gasteiger partial charge in [-0.1, -0.05) is 56.9 Å². The zero-order chi connectivity index (χ0) is 54.0. The van der Waals surface area contributed by atoms with Crippen LogP contribution in [0.1, 0.15) is 133 Å². The molecule has 3 unspecified atom stereocenters. The number of likely N-dealkylation sites (tertiary alicyclic amines) is 1. The standard InChI is InChI=1S/C27H35N5O3.C22H25N3O2.C12H25N/c1-18-6-7-24(32-16-23(17-32)28-8-9-34-4)13-26(18)27(33)30-19(2)20-10-21(12-25(11-20)35-5)22-14-29-31(3)15-22;1-14-6-7-15(2)21(8-14)22(26)24-16(3)17-9-18(11-20(10-17)27-5)19-12-23-25(4)13-19;1-3-5-6-9-12(4-2)13-10-7-8-11-13/h6-7,10-15,19,23,28H,8-9,16-17H2,1-5H3,(H,30,33);6-13,16H,1-5H3,(H,24,26);12H,3-11H2,1-2H3. The first-order valence-corrected chi connectivity index (χ1v) is 27.0. The van der Waals surface area contributed by atoms with Gasteiger partial charge in [-0.25, -0.2) is 0 Å². The van der Waals surface area contributed by atoms with E-state index in [0.29, 0.717) is 23.8 Å². The molecule has 0 aliphatic carbocycles. The normalized spacial score (nSPS) is 14.6. The van der Waals surface area contributed by atoms with Crippen LogP contribution in [0.15, 0.2) is 97.6 Å². The quantitative estimate of drug-likeness (QED) is 0.0597. The van der Waals surface area contributed by atoms with E-state index in [1.165, 1.54) is 58.0 Å². The zero-order valence-corrected chi connectivity index (χ0v) is 47.0. The third-order valence-corrected chi connectivity index (χ3v) is 14.5. The summed E-state index contributed by atoms with van der Waals surface area (Å²) in [4.78, 5) is 31.0. The Kier molecular flexibility index (Phi) is 21.9. The lowest BCUT2D eigenvalue weighted by molar-refractivity contribution is 0.0930. The van der Waals surface area contributed by atoms with E-state index >= 15 is 0 Å². The lowest BCUT2D eigenvalue weighted by Gasteiger charge is -2.41. The number of rotatable bonds is 21. The van der Waals surface area contributed by atoms with Gasteiger partial charge in [0.1, 0.15) is 11.5 Å². The second kappa shape index (κ2) is 28.4. The Bertz CT molecular complexity index is 2750. The predicted octanol–water partition coefficient (Wildman–Crippen LogP) is 11.0. The maximum Gasteiger partial charge on any atom is 0.252 e. The number of aryl methyl sites for hydroxylation is 5. The molecule has 3 atom stereocenters. The highest BCUT2D eigenvalue weighted by Crippen LogP contribution is 2.31. The molecule has 3 N–H and O–H groups in total. The first-order chi connectivity index (χ1) is 36.1. The largest absolute Gasteiger partial charge is 0.497 e. The number of carbonyl (C=O) groups is 2. The first-order valence-electron chi connectivity index (χ1n) is 27.0. The molecule has 2 amide bonds. The van der Waals surface area contributed by atoms with Crippen LogP contribution in [0, 0.1) is 20.8 Å². The molecule has 2 aromatic heterocycles. The van der Waals surface area contributed by atoms with Gasteiger partial charge < -0.3 is 40.0 Å². The number of anilines is 1. The second-order valence-electron chi connectivity index (χ2n) is 20.4. The molecule has 2 aliphatic heterocycles. The van der Waals surface area contributed by atoms with Crippen molar-refractivity contribution in [2.75, 3.05) is 65.6 Å². The van der Waals surface area contributed by atoms with Crippen molar-refractivity contribution in [3.8, 4) is 33.8 Å². The Hall–Kier alpha value is -6.48. The summed E-state index contributed by atoms with van der Waals surface area (Å²) in [6.07, 6.45) is 17.4. The molecule has 14 heteroatoms. The summed E-state index contributed by atoms with van der Waals surface area (Å²) >= 11 is 0. The summed E-state index contributed by atoms with van der Waals surface area (Å²) in [6.45, 7) is 20.6. The molecule has 2 saturated heterocycles. The highest BCUT2D eigenvalue weighted by atomic mass is 16.5. The van der Waals surface area contributed by atoms with Gasteiger partial charge in [-0.2, -0.15) is 10.2 Å². The van der Waals surface area contributed by atoms with Gasteiger partial charge >= 0.3 is 0 Å². The topological polar surface area (TPSA) is 140 Å². The number of aromatic nitrogens is 4. The van der Waals surface area contributed by atoms with Crippen LogP contribution < -0.4 is 30.3 Å². The van der Waals surface area contributed by atoms with Crippen molar-refractivity contribution in [3.05, 3.63) is 137 Å². The average molecular weight is 1020 g/mol. The minimum Gasteiger partial charge on any atom is -0.497 e. The summed E-state index contributed by atoms with van der Waals surface area (Å²) in [5.74, 6) is 1.33. The Balaban J connectivity index is 0.000000202. The van der Waals surface area contributed by atoms with Crippen molar-refractivity contribution < 1.29 is 23.8 Å². The van der Waals surface area contributed by atoms with E-state index in [-0.39, 0.29) is 23.9 Å². The van der Waals surface area contributed by atoms with Crippen molar-refractivity contribution in [1.29, 1.82) is 0 Å². The van der Waals surface area contributed by atoms with Crippen LogP contribution in [0.3, 0.4) is 0 Å². The van der Waals surface area contributed by atoms with E-state index in [0.717, 1.165) is 92.9 Å². The summed E-state index contributed by atoms with van der Waals surface area (Å²) < 4.78 is 19.6. The van der Waals surface area contributed by atoms with Gasteiger partial charge in [0.05, 0.1) is 45.3 Å². The lowest BCUT2D eigenvalue weighted by Crippen LogP contribution is -2.58. The van der Waals surface area contributed by atoms with Crippen molar-refractivity contribution in [2.24, 2.45) is 14.1 Å². The number of benzene rings is 4. The van der Waals surface area contributed by atoms with Gasteiger partial charge in [-0.05, 0) is 161 Å². The van der Waals surface area contributed by atoms with Crippen LogP contribution in [-0.2, 0) is 18.8 Å². The fraction of sp³-hybridized carbons (Fsp3) is 0.475. The third-order valence-electron chi connectivity index (χ3n) is 14.5. The van der Waals surface area contributed by atoms with Gasteiger partial charge in [0.15, 0.2) is 0 Å². The molecule has 6 aromatic rings. The zero-order valence-electron chi connectivity index (χ0n) is 47.0. The number of unbranched alkanes of at least 4 members (excludes halogenated alkanes) is 2. The molecule has 75 heavy (non-hydrogen) atoms. The maximum absolute atomic E-state index is 13.3. The van der Waals surface area contributed by atoms with Crippen LogP contribution in [-0.4, -0.2) is 109 Å². The molecule has 0 radical (unpaired) electrons. The van der Waals surface area contributed by atoms with Gasteiger partial charge in [0, 0.05) is 93.3 Å². The molecule has 0 spiro atoms. The van der Waals surface area contributed by atoms with Crippen molar-refractivity contribution >= 4 is 17.5 Å². The van der Waals surface area contributed by atoms with E-state index in [4.69, 9.17) is 14.2 Å². The maximum atomic E-state index is 13.3. The lowest BCUT2D eigenvalue weighted by atomic mass is 10.00. The smallest absolute Gasteiger partial charge is 0.252 e. The van der Waals surface area contributed by atoms with E-state index in [1.54, 1.807) is 30.7 Å². The molecule has 2 fully saturated rings. The number of nitrogens with one attached hydrogen (secondary N) is 3. The van der Waals surface area contributed by atoms with E-state index in [2.05, 4.69) is 68.0 Å². The number of methoxy groups -OCH3 is 3. The van der Waals surface area contributed by atoms with Crippen LogP contribution in [0.2, 0.25) is 0 Å². The minimum absolute atomic E-state index is 0.0746. The van der Waals surface area contributed by atoms with E-state index < -0.39 is 0 Å². The molecule has 4 aromatic carbocycles. The molecule has 4 heterocycles. The Morgan fingerprint density at radius 3 is 1.69 bits per heavy atom. The van der Waals surface area contributed by atoms with Gasteiger partial charge in [-0.15, -0.1) is 0 Å². The number of amides is 2. The minimum atomic E-state index is -0.200. The summed E-state index contributed by atoms with van der Waals surface area (Å²) in [6, 6.07) is 25.0. The molecular formula is C61H85N9O5. The molecule has 8 rings (SSSR count). The highest BCUT2D eigenvalue weighted by Gasteiger charge is 2.27. The van der Waals surface area contributed by atoms with Crippen molar-refractivity contribution in [2.45, 2.75) is 118 Å². The summed E-state index contributed by atoms with van der Waals surface area (Å²) in [7, 11) is 8.78. The Labute approximate surface area is 447 Å². The van der Waals surface area contributed by atoms with E-state index in [9.17, 15) is 9.59 Å². The van der Waals surface area contributed by atoms with Crippen molar-refractivity contribution in [1.82, 2.24) is 40.4 Å². The molecular weight excluding hydrogens is 939 g/mol. The van der Waals surface area contributed by atoms with Crippen LogP contribution >= 0.6 is 0 Å². The summed E-state index contributed by atoms with van der Waals surface area (Å²) in [5.41, 5.74) is 11.4. The number of carbonyl (C=O) groups excluding carboxylic acids is 2. The van der Waals surface area contributed by atoms with Crippen molar-refractivity contribution in [3.63, 3.8) is 0 Å². The molecule has 2 aliphatic rings. The Morgan fingerprint density at radius 2 is 1.21 bits per heavy atom. The Morgan fingerprint density at radius 1 is 0.680 bits per heavy atom. The average Bonchev–Trinajstić information content (AvgIpc) is 4.20. The number of hydrogen-bond acceptors (Lipinski definition) is 10. The first kappa shape index (κ1) is 57.8. The van der Waals surface area contributed by atoms with Gasteiger partial charge in [0.2, 0.25) is 0 Å². The second-order valence-corrected chi connectivity index (χ2v) is 20.4. The fourth-order valence-corrected chi connectivity index (χ4v) is 9.77. The van der Waals surface area contributed by atoms with Crippen LogP contribution in [0.5, 0.6) is 11.5 Å².